The van der Waals surface area contributed by atoms with Gasteiger partial charge in [-0.2, -0.15) is 0 Å². The molecule has 1 N–H and O–H groups in total. The number of rotatable bonds is 5. The number of fused-ring (bicyclic) bond motifs is 4. The lowest BCUT2D eigenvalue weighted by Gasteiger charge is -2.47. The van der Waals surface area contributed by atoms with E-state index in [9.17, 15) is 9.59 Å². The summed E-state index contributed by atoms with van der Waals surface area (Å²) in [7, 11) is 3.19. The molecular formula is C29H27N3O4. The number of nitrogens with one attached hydrogen (secondary N) is 1. The van der Waals surface area contributed by atoms with E-state index in [-0.39, 0.29) is 18.4 Å². The Labute approximate surface area is 209 Å². The first kappa shape index (κ1) is 22.2. The highest BCUT2D eigenvalue weighted by Crippen LogP contribution is 2.44. The summed E-state index contributed by atoms with van der Waals surface area (Å²) in [6, 6.07) is 22.6. The molecule has 1 unspecified atom stereocenters. The molecule has 0 radical (unpaired) electrons. The number of methoxy groups -OCH3 is 2. The molecule has 0 aliphatic carbocycles. The lowest BCUT2D eigenvalue weighted by molar-refractivity contribution is -0.159. The standard InChI is InChI=1S/C29H27N3O4/c1-35-24-13-12-19(14-25(24)36-2)28-27-21(20-10-6-7-11-22(20)30-27)15-23-29(34)31(17-26(33)32(23)28)16-18-8-4-3-5-9-18/h3-14,23,28,30H,15-17H2,1-2H3/t23-,28?/m0/s1. The van der Waals surface area contributed by atoms with Gasteiger partial charge in [-0.3, -0.25) is 9.59 Å². The fourth-order valence-corrected chi connectivity index (χ4v) is 5.63. The van der Waals surface area contributed by atoms with Crippen LogP contribution >= 0.6 is 0 Å². The minimum absolute atomic E-state index is 0.0279. The monoisotopic (exact) mass is 481 g/mol. The van der Waals surface area contributed by atoms with Gasteiger partial charge in [0.25, 0.3) is 0 Å². The molecule has 2 aliphatic heterocycles. The second kappa shape index (κ2) is 8.75. The second-order valence-corrected chi connectivity index (χ2v) is 9.28. The summed E-state index contributed by atoms with van der Waals surface area (Å²) in [6.07, 6.45) is 0.471. The number of nitrogens with zero attached hydrogens (tertiary/aromatic N) is 2. The highest BCUT2D eigenvalue weighted by molar-refractivity contribution is 5.97. The summed E-state index contributed by atoms with van der Waals surface area (Å²) in [6.45, 7) is 0.459. The van der Waals surface area contributed by atoms with E-state index < -0.39 is 12.1 Å². The van der Waals surface area contributed by atoms with Crippen LogP contribution in [0.1, 0.15) is 28.4 Å². The number of carbonyl (C=O) groups excluding carboxylic acids is 2. The number of piperazine rings is 1. The average molecular weight is 482 g/mol. The van der Waals surface area contributed by atoms with Gasteiger partial charge in [0.05, 0.1) is 20.3 Å². The molecule has 182 valence electrons. The second-order valence-electron chi connectivity index (χ2n) is 9.28. The fraction of sp³-hybridized carbons (Fsp3) is 0.241. The molecule has 6 rings (SSSR count). The first-order chi connectivity index (χ1) is 17.6. The Balaban J connectivity index is 1.47. The molecule has 2 amide bonds. The Kier molecular flexibility index (Phi) is 5.40. The third-order valence-electron chi connectivity index (χ3n) is 7.28. The summed E-state index contributed by atoms with van der Waals surface area (Å²) in [4.78, 5) is 34.6. The van der Waals surface area contributed by atoms with Crippen LogP contribution in [0.2, 0.25) is 0 Å². The lowest BCUT2D eigenvalue weighted by Crippen LogP contribution is -2.62. The van der Waals surface area contributed by atoms with Gasteiger partial charge in [-0.05, 0) is 34.9 Å². The van der Waals surface area contributed by atoms with Crippen molar-refractivity contribution in [1.82, 2.24) is 14.8 Å². The average Bonchev–Trinajstić information content (AvgIpc) is 3.29. The molecule has 3 aromatic carbocycles. The Morgan fingerprint density at radius 2 is 1.67 bits per heavy atom. The zero-order chi connectivity index (χ0) is 24.8. The van der Waals surface area contributed by atoms with Crippen LogP contribution in [0.4, 0.5) is 0 Å². The van der Waals surface area contributed by atoms with E-state index >= 15 is 0 Å². The van der Waals surface area contributed by atoms with E-state index in [4.69, 9.17) is 9.47 Å². The van der Waals surface area contributed by atoms with Crippen molar-refractivity contribution < 1.29 is 19.1 Å². The third kappa shape index (κ3) is 3.50. The van der Waals surface area contributed by atoms with Crippen molar-refractivity contribution in [3.8, 4) is 11.5 Å². The molecule has 2 aliphatic rings. The van der Waals surface area contributed by atoms with Gasteiger partial charge in [0.2, 0.25) is 11.8 Å². The fourth-order valence-electron chi connectivity index (χ4n) is 5.63. The first-order valence-corrected chi connectivity index (χ1v) is 12.0. The molecule has 3 heterocycles. The molecule has 0 spiro atoms. The largest absolute Gasteiger partial charge is 0.493 e. The van der Waals surface area contributed by atoms with Crippen LogP contribution in [0.3, 0.4) is 0 Å². The van der Waals surface area contributed by atoms with Crippen molar-refractivity contribution in [2.45, 2.75) is 25.0 Å². The van der Waals surface area contributed by atoms with Crippen LogP contribution < -0.4 is 9.47 Å². The third-order valence-corrected chi connectivity index (χ3v) is 7.28. The Morgan fingerprint density at radius 1 is 0.917 bits per heavy atom. The van der Waals surface area contributed by atoms with Crippen LogP contribution in [0.5, 0.6) is 11.5 Å². The van der Waals surface area contributed by atoms with Gasteiger partial charge in [0, 0.05) is 29.6 Å². The van der Waals surface area contributed by atoms with E-state index in [0.717, 1.165) is 33.3 Å². The molecular weight excluding hydrogens is 454 g/mol. The maximum atomic E-state index is 13.9. The normalized spacial score (nSPS) is 19.3. The number of hydrogen-bond acceptors (Lipinski definition) is 4. The van der Waals surface area contributed by atoms with Crippen molar-refractivity contribution in [2.75, 3.05) is 20.8 Å². The first-order valence-electron chi connectivity index (χ1n) is 12.0. The van der Waals surface area contributed by atoms with E-state index in [2.05, 4.69) is 11.1 Å². The molecule has 2 atom stereocenters. The van der Waals surface area contributed by atoms with Gasteiger partial charge in [0.15, 0.2) is 11.5 Å². The molecule has 1 fully saturated rings. The summed E-state index contributed by atoms with van der Waals surface area (Å²) in [5, 5.41) is 1.08. The quantitative estimate of drug-likeness (QED) is 0.466. The minimum Gasteiger partial charge on any atom is -0.493 e. The van der Waals surface area contributed by atoms with E-state index in [0.29, 0.717) is 24.5 Å². The Hall–Kier alpha value is -4.26. The van der Waals surface area contributed by atoms with Gasteiger partial charge in [-0.1, -0.05) is 54.6 Å². The van der Waals surface area contributed by atoms with Gasteiger partial charge in [-0.15, -0.1) is 0 Å². The number of para-hydroxylation sites is 1. The Bertz CT molecular complexity index is 1460. The molecule has 0 saturated carbocycles. The van der Waals surface area contributed by atoms with Crippen LogP contribution in [-0.2, 0) is 22.6 Å². The van der Waals surface area contributed by atoms with Crippen molar-refractivity contribution in [1.29, 1.82) is 0 Å². The number of aromatic amines is 1. The number of H-pyrrole nitrogens is 1. The van der Waals surface area contributed by atoms with Gasteiger partial charge < -0.3 is 24.3 Å². The van der Waals surface area contributed by atoms with Gasteiger partial charge >= 0.3 is 0 Å². The number of hydrogen-bond donors (Lipinski definition) is 1. The number of benzene rings is 3. The molecule has 0 bridgehead atoms. The highest BCUT2D eigenvalue weighted by Gasteiger charge is 2.48. The van der Waals surface area contributed by atoms with Gasteiger partial charge in [0.1, 0.15) is 12.6 Å². The zero-order valence-corrected chi connectivity index (χ0v) is 20.2. The topological polar surface area (TPSA) is 74.9 Å². The predicted octanol–water partition coefficient (Wildman–Crippen LogP) is 4.07. The lowest BCUT2D eigenvalue weighted by atomic mass is 9.86. The highest BCUT2D eigenvalue weighted by atomic mass is 16.5. The molecule has 4 aromatic rings. The van der Waals surface area contributed by atoms with Crippen LogP contribution in [0.25, 0.3) is 10.9 Å². The SMILES string of the molecule is COc1ccc(C2c3[nH]c4ccccc4c3C[C@H]3C(=O)N(Cc4ccccc4)CC(=O)N23)cc1OC. The number of aromatic nitrogens is 1. The van der Waals surface area contributed by atoms with E-state index in [1.807, 2.05) is 66.7 Å². The predicted molar refractivity (Wildman–Crippen MR) is 136 cm³/mol. The summed E-state index contributed by atoms with van der Waals surface area (Å²) in [5.74, 6) is 1.09. The van der Waals surface area contributed by atoms with Crippen LogP contribution in [0, 0.1) is 0 Å². The molecule has 36 heavy (non-hydrogen) atoms. The number of ether oxygens (including phenoxy) is 2. The van der Waals surface area contributed by atoms with Crippen molar-refractivity contribution >= 4 is 22.7 Å². The van der Waals surface area contributed by atoms with Crippen LogP contribution in [0.15, 0.2) is 72.8 Å². The number of amides is 2. The van der Waals surface area contributed by atoms with Gasteiger partial charge in [-0.25, -0.2) is 0 Å². The smallest absolute Gasteiger partial charge is 0.246 e. The maximum absolute atomic E-state index is 13.9. The van der Waals surface area contributed by atoms with E-state index in [1.54, 1.807) is 24.0 Å². The Morgan fingerprint density at radius 3 is 2.44 bits per heavy atom. The summed E-state index contributed by atoms with van der Waals surface area (Å²) >= 11 is 0. The summed E-state index contributed by atoms with van der Waals surface area (Å²) in [5.41, 5.74) is 4.88. The summed E-state index contributed by atoms with van der Waals surface area (Å²) < 4.78 is 11.0. The van der Waals surface area contributed by atoms with Crippen molar-refractivity contribution in [3.63, 3.8) is 0 Å². The molecule has 1 aromatic heterocycles. The van der Waals surface area contributed by atoms with E-state index in [1.165, 1.54) is 0 Å². The molecule has 7 nitrogen and oxygen atoms in total. The number of carbonyl (C=O) groups is 2. The maximum Gasteiger partial charge on any atom is 0.246 e. The molecule has 7 heteroatoms. The van der Waals surface area contributed by atoms with Crippen molar-refractivity contribution in [3.05, 3.63) is 95.2 Å². The molecule has 1 saturated heterocycles. The van der Waals surface area contributed by atoms with Crippen LogP contribution in [-0.4, -0.2) is 53.4 Å². The van der Waals surface area contributed by atoms with Crippen molar-refractivity contribution in [2.24, 2.45) is 0 Å². The minimum atomic E-state index is -0.584. The zero-order valence-electron chi connectivity index (χ0n) is 20.2.